The topological polar surface area (TPSA) is 78.4 Å². The second kappa shape index (κ2) is 7.95. The van der Waals surface area contributed by atoms with Crippen LogP contribution in [0.3, 0.4) is 0 Å². The average molecular weight is 256 g/mol. The van der Waals surface area contributed by atoms with Gasteiger partial charge in [-0.2, -0.15) is 0 Å². The Hall–Kier alpha value is -1.26. The highest BCUT2D eigenvalue weighted by Crippen LogP contribution is 2.16. The zero-order valence-electron chi connectivity index (χ0n) is 11.1. The molecule has 1 fully saturated rings. The molecule has 5 nitrogen and oxygen atoms in total. The Kier molecular flexibility index (Phi) is 6.54. The lowest BCUT2D eigenvalue weighted by Crippen LogP contribution is -2.33. The SMILES string of the molecule is CCCC[C@@H]1NC(=O)N[C@H]1CCCCCC(=O)O. The molecule has 1 aliphatic rings. The van der Waals surface area contributed by atoms with Gasteiger partial charge >= 0.3 is 12.0 Å². The molecular weight excluding hydrogens is 232 g/mol. The van der Waals surface area contributed by atoms with Gasteiger partial charge in [0, 0.05) is 6.42 Å². The van der Waals surface area contributed by atoms with Crippen molar-refractivity contribution in [2.75, 3.05) is 0 Å². The summed E-state index contributed by atoms with van der Waals surface area (Å²) in [6.45, 7) is 2.14. The third kappa shape index (κ3) is 5.38. The predicted molar refractivity (Wildman–Crippen MR) is 69.5 cm³/mol. The van der Waals surface area contributed by atoms with E-state index in [1.165, 1.54) is 0 Å². The van der Waals surface area contributed by atoms with Crippen LogP contribution >= 0.6 is 0 Å². The molecule has 0 aliphatic carbocycles. The molecule has 0 unspecified atom stereocenters. The van der Waals surface area contributed by atoms with E-state index in [0.29, 0.717) is 0 Å². The van der Waals surface area contributed by atoms with Crippen LogP contribution in [0.5, 0.6) is 0 Å². The molecule has 0 aromatic carbocycles. The first-order valence-corrected chi connectivity index (χ1v) is 6.92. The van der Waals surface area contributed by atoms with Gasteiger partial charge in [-0.15, -0.1) is 0 Å². The van der Waals surface area contributed by atoms with Crippen molar-refractivity contribution < 1.29 is 14.7 Å². The summed E-state index contributed by atoms with van der Waals surface area (Å²) in [6, 6.07) is 0.400. The largest absolute Gasteiger partial charge is 0.481 e. The maximum atomic E-state index is 11.3. The minimum absolute atomic E-state index is 0.0633. The molecular formula is C13H24N2O3. The van der Waals surface area contributed by atoms with Crippen LogP contribution in [0.4, 0.5) is 4.79 Å². The zero-order valence-corrected chi connectivity index (χ0v) is 11.1. The Morgan fingerprint density at radius 3 is 2.28 bits per heavy atom. The maximum Gasteiger partial charge on any atom is 0.315 e. The van der Waals surface area contributed by atoms with E-state index in [4.69, 9.17) is 5.11 Å². The van der Waals surface area contributed by atoms with Crippen molar-refractivity contribution in [3.8, 4) is 0 Å². The highest BCUT2D eigenvalue weighted by molar-refractivity contribution is 5.77. The van der Waals surface area contributed by atoms with Gasteiger partial charge in [-0.05, 0) is 19.3 Å². The van der Waals surface area contributed by atoms with Gasteiger partial charge in [-0.3, -0.25) is 4.79 Å². The van der Waals surface area contributed by atoms with Gasteiger partial charge in [-0.1, -0.05) is 32.6 Å². The van der Waals surface area contributed by atoms with Crippen molar-refractivity contribution in [1.29, 1.82) is 0 Å². The third-order valence-corrected chi connectivity index (χ3v) is 3.39. The summed E-state index contributed by atoms with van der Waals surface area (Å²) in [5, 5.41) is 14.4. The van der Waals surface area contributed by atoms with E-state index >= 15 is 0 Å². The lowest BCUT2D eigenvalue weighted by atomic mass is 9.98. The molecule has 1 heterocycles. The Morgan fingerprint density at radius 1 is 1.11 bits per heavy atom. The smallest absolute Gasteiger partial charge is 0.315 e. The number of carboxylic acids is 1. The average Bonchev–Trinajstić information content (AvgIpc) is 2.66. The first kappa shape index (κ1) is 14.8. The summed E-state index contributed by atoms with van der Waals surface area (Å²) < 4.78 is 0. The highest BCUT2D eigenvalue weighted by atomic mass is 16.4. The van der Waals surface area contributed by atoms with Gasteiger partial charge in [0.15, 0.2) is 0 Å². The van der Waals surface area contributed by atoms with E-state index < -0.39 is 5.97 Å². The van der Waals surface area contributed by atoms with Gasteiger partial charge in [0.2, 0.25) is 0 Å². The summed E-state index contributed by atoms with van der Waals surface area (Å²) in [5.41, 5.74) is 0. The van der Waals surface area contributed by atoms with Crippen LogP contribution in [0.25, 0.3) is 0 Å². The number of carbonyl (C=O) groups excluding carboxylic acids is 1. The van der Waals surface area contributed by atoms with E-state index in [2.05, 4.69) is 17.6 Å². The van der Waals surface area contributed by atoms with Crippen molar-refractivity contribution >= 4 is 12.0 Å². The number of carboxylic acid groups (broad SMARTS) is 1. The molecule has 0 bridgehead atoms. The van der Waals surface area contributed by atoms with Crippen molar-refractivity contribution in [3.05, 3.63) is 0 Å². The number of carbonyl (C=O) groups is 2. The van der Waals surface area contributed by atoms with E-state index in [1.54, 1.807) is 0 Å². The molecule has 2 atom stereocenters. The summed E-state index contributed by atoms with van der Waals surface area (Å²) in [4.78, 5) is 21.7. The zero-order chi connectivity index (χ0) is 13.4. The van der Waals surface area contributed by atoms with E-state index in [0.717, 1.165) is 44.9 Å². The molecule has 2 amide bonds. The molecule has 5 heteroatoms. The van der Waals surface area contributed by atoms with Crippen LogP contribution in [0.1, 0.15) is 58.3 Å². The molecule has 0 aromatic heterocycles. The van der Waals surface area contributed by atoms with Crippen LogP contribution in [0, 0.1) is 0 Å². The second-order valence-electron chi connectivity index (χ2n) is 4.97. The van der Waals surface area contributed by atoms with Gasteiger partial charge in [0.25, 0.3) is 0 Å². The minimum Gasteiger partial charge on any atom is -0.481 e. The minimum atomic E-state index is -0.730. The molecule has 1 rings (SSSR count). The Balaban J connectivity index is 2.18. The lowest BCUT2D eigenvalue weighted by molar-refractivity contribution is -0.137. The number of rotatable bonds is 9. The van der Waals surface area contributed by atoms with Gasteiger partial charge in [-0.25, -0.2) is 4.79 Å². The lowest BCUT2D eigenvalue weighted by Gasteiger charge is -2.17. The summed E-state index contributed by atoms with van der Waals surface area (Å²) in [6.07, 6.45) is 7.08. The number of urea groups is 1. The van der Waals surface area contributed by atoms with Crippen LogP contribution in [-0.2, 0) is 4.79 Å². The van der Waals surface area contributed by atoms with Gasteiger partial charge in [0.05, 0.1) is 12.1 Å². The van der Waals surface area contributed by atoms with Crippen LogP contribution in [0.15, 0.2) is 0 Å². The standard InChI is InChI=1S/C13H24N2O3/c1-2-3-7-10-11(15-13(18)14-10)8-5-4-6-9-12(16)17/h10-11H,2-9H2,1H3,(H,16,17)(H2,14,15,18)/t10-,11-/m0/s1. The van der Waals surface area contributed by atoms with Gasteiger partial charge < -0.3 is 15.7 Å². The van der Waals surface area contributed by atoms with Crippen LogP contribution in [0.2, 0.25) is 0 Å². The number of amides is 2. The molecule has 1 saturated heterocycles. The third-order valence-electron chi connectivity index (χ3n) is 3.39. The number of hydrogen-bond donors (Lipinski definition) is 3. The predicted octanol–water partition coefficient (Wildman–Crippen LogP) is 2.26. The van der Waals surface area contributed by atoms with Crippen LogP contribution < -0.4 is 10.6 Å². The molecule has 3 N–H and O–H groups in total. The number of nitrogens with one attached hydrogen (secondary N) is 2. The molecule has 0 radical (unpaired) electrons. The van der Waals surface area contributed by atoms with Crippen molar-refractivity contribution in [3.63, 3.8) is 0 Å². The highest BCUT2D eigenvalue weighted by Gasteiger charge is 2.29. The quantitative estimate of drug-likeness (QED) is 0.554. The number of hydrogen-bond acceptors (Lipinski definition) is 2. The van der Waals surface area contributed by atoms with Crippen molar-refractivity contribution in [2.24, 2.45) is 0 Å². The summed E-state index contributed by atoms with van der Waals surface area (Å²) in [5.74, 6) is -0.730. The molecule has 104 valence electrons. The van der Waals surface area contributed by atoms with Gasteiger partial charge in [0.1, 0.15) is 0 Å². The molecule has 0 spiro atoms. The summed E-state index contributed by atoms with van der Waals surface area (Å²) in [7, 11) is 0. The molecule has 18 heavy (non-hydrogen) atoms. The van der Waals surface area contributed by atoms with Crippen molar-refractivity contribution in [1.82, 2.24) is 10.6 Å². The first-order chi connectivity index (χ1) is 8.63. The van der Waals surface area contributed by atoms with Crippen LogP contribution in [-0.4, -0.2) is 29.2 Å². The monoisotopic (exact) mass is 256 g/mol. The normalized spacial score (nSPS) is 22.6. The Morgan fingerprint density at radius 2 is 1.72 bits per heavy atom. The molecule has 0 aromatic rings. The van der Waals surface area contributed by atoms with Crippen molar-refractivity contribution in [2.45, 2.75) is 70.4 Å². The first-order valence-electron chi connectivity index (χ1n) is 6.92. The molecule has 0 saturated carbocycles. The molecule has 1 aliphatic heterocycles. The van der Waals surface area contributed by atoms with E-state index in [1.807, 2.05) is 0 Å². The Labute approximate surface area is 108 Å². The number of aliphatic carboxylic acids is 1. The maximum absolute atomic E-state index is 11.3. The fourth-order valence-electron chi connectivity index (χ4n) is 2.37. The van der Waals surface area contributed by atoms with E-state index in [-0.39, 0.29) is 24.5 Å². The summed E-state index contributed by atoms with van der Waals surface area (Å²) >= 11 is 0. The Bertz CT molecular complexity index is 281. The second-order valence-corrected chi connectivity index (χ2v) is 4.97. The fourth-order valence-corrected chi connectivity index (χ4v) is 2.37. The van der Waals surface area contributed by atoms with E-state index in [9.17, 15) is 9.59 Å². The fraction of sp³-hybridized carbons (Fsp3) is 0.846. The number of unbranched alkanes of at least 4 members (excludes halogenated alkanes) is 3.